The maximum atomic E-state index is 16.2. The highest BCUT2D eigenvalue weighted by atomic mass is 19.2. The second kappa shape index (κ2) is 20.4. The summed E-state index contributed by atoms with van der Waals surface area (Å²) in [5.74, 6) is -29.0. The molecule has 1 aliphatic rings. The lowest BCUT2D eigenvalue weighted by molar-refractivity contribution is 0.454. The third kappa shape index (κ3) is 7.95. The van der Waals surface area contributed by atoms with Gasteiger partial charge in [-0.3, -0.25) is 0 Å². The van der Waals surface area contributed by atoms with Gasteiger partial charge >= 0.3 is 0 Å². The molecule has 1 saturated carbocycles. The molecule has 6 nitrogen and oxygen atoms in total. The molecule has 0 heterocycles. The van der Waals surface area contributed by atoms with Crippen LogP contribution in [0.4, 0.5) is 52.7 Å². The van der Waals surface area contributed by atoms with Gasteiger partial charge in [-0.15, -0.1) is 32.8 Å². The van der Waals surface area contributed by atoms with E-state index in [1.807, 2.05) is 0 Å². The topological polar surface area (TPSA) is 143 Å². The van der Waals surface area contributed by atoms with Crippen LogP contribution in [0.15, 0.2) is 16.7 Å². The standard InChI is InChI=1S/C48B12F12N6/c49-25-16(19(28(52)34(58)31(25)55)22-43(67)37(61)10(4-76)38(62)44(22)68)7(1-73)13-14(8(2-74)17-20(29(53)35(59)32(56)26(17)50)23-45(69)39(63)11(5-77)40(64)46(23)70)15(13)9(3-75)18-21(30(54)36(60)33(57)27(18)51)24-47(71)41(65)12(6-78)42(66)48(24)72. The van der Waals surface area contributed by atoms with E-state index in [-0.39, 0.29) is 0 Å². The van der Waals surface area contributed by atoms with Crippen LogP contribution in [0.25, 0.3) is 50.1 Å². The van der Waals surface area contributed by atoms with Crippen molar-refractivity contribution in [1.29, 1.82) is 31.6 Å². The Balaban J connectivity index is 1.88. The van der Waals surface area contributed by atoms with Crippen LogP contribution in [-0.2, 0) is 0 Å². The highest BCUT2D eigenvalue weighted by Crippen LogP contribution is 2.57. The number of nitrogens with zero attached hydrogens (tertiary/aromatic N) is 6. The largest absolute Gasteiger partial charge is 0.203 e. The van der Waals surface area contributed by atoms with Crippen molar-refractivity contribution >= 4 is 176 Å². The summed E-state index contributed by atoms with van der Waals surface area (Å²) in [5, 5.41) is 61.6. The van der Waals surface area contributed by atoms with E-state index in [0.717, 1.165) is 18.2 Å². The molecule has 0 aromatic heterocycles. The molecule has 6 aromatic carbocycles. The average Bonchev–Trinajstić information content (AvgIpc) is 4.17. The smallest absolute Gasteiger partial charge is 0.180 e. The summed E-state index contributed by atoms with van der Waals surface area (Å²) in [5.41, 5.74) is -39.1. The summed E-state index contributed by atoms with van der Waals surface area (Å²) in [4.78, 5) is 0. The van der Waals surface area contributed by atoms with E-state index >= 15 is 52.7 Å². The number of rotatable bonds is 6. The summed E-state index contributed by atoms with van der Waals surface area (Å²) < 4.78 is 190. The predicted octanol–water partition coefficient (Wildman–Crippen LogP) is -2.26. The van der Waals surface area contributed by atoms with Gasteiger partial charge in [0.2, 0.25) is 0 Å². The zero-order chi connectivity index (χ0) is 58.5. The van der Waals surface area contributed by atoms with Gasteiger partial charge in [-0.25, -0.2) is 52.7 Å². The summed E-state index contributed by atoms with van der Waals surface area (Å²) in [6.07, 6.45) is 0. The minimum Gasteiger partial charge on any atom is -0.203 e. The Labute approximate surface area is 448 Å². The van der Waals surface area contributed by atoms with E-state index < -0.39 is 236 Å². The van der Waals surface area contributed by atoms with Crippen LogP contribution < -0.4 is 65.6 Å². The van der Waals surface area contributed by atoms with Gasteiger partial charge in [-0.2, -0.15) is 31.6 Å². The number of allylic oxidation sites excluding steroid dienone is 6. The van der Waals surface area contributed by atoms with Crippen molar-refractivity contribution in [2.75, 3.05) is 0 Å². The molecule has 0 unspecified atom stereocenters. The molecule has 0 amide bonds. The highest BCUT2D eigenvalue weighted by molar-refractivity contribution is 6.67. The third-order valence-electron chi connectivity index (χ3n) is 12.4. The Hall–Kier alpha value is -8.58. The van der Waals surface area contributed by atoms with Crippen molar-refractivity contribution in [2.24, 2.45) is 0 Å². The normalized spacial score (nSPS) is 11.5. The quantitative estimate of drug-likeness (QED) is 0.0800. The Kier molecular flexibility index (Phi) is 15.0. The highest BCUT2D eigenvalue weighted by Gasteiger charge is 2.45. The molecular formula is C48B12F12N6. The fourth-order valence-corrected chi connectivity index (χ4v) is 8.54. The second-order valence-electron chi connectivity index (χ2n) is 16.2. The maximum absolute atomic E-state index is 16.2. The van der Waals surface area contributed by atoms with E-state index in [4.69, 9.17) is 94.2 Å². The first kappa shape index (κ1) is 57.1. The molecule has 0 saturated heterocycles. The summed E-state index contributed by atoms with van der Waals surface area (Å²) in [7, 11) is 74.0. The minimum atomic E-state index is -2.44. The van der Waals surface area contributed by atoms with E-state index in [1.54, 1.807) is 0 Å². The second-order valence-corrected chi connectivity index (χ2v) is 16.2. The van der Waals surface area contributed by atoms with Crippen molar-refractivity contribution in [2.45, 2.75) is 0 Å². The van der Waals surface area contributed by atoms with Gasteiger partial charge in [0.1, 0.15) is 147 Å². The summed E-state index contributed by atoms with van der Waals surface area (Å²) in [6.45, 7) is 0. The van der Waals surface area contributed by atoms with Crippen LogP contribution in [0.2, 0.25) is 0 Å². The first-order chi connectivity index (χ1) is 36.5. The van der Waals surface area contributed by atoms with E-state index in [9.17, 15) is 31.6 Å². The van der Waals surface area contributed by atoms with E-state index in [1.165, 1.54) is 18.2 Å². The molecule has 6 aromatic rings. The monoisotopic (exact) mass is 1020 g/mol. The first-order valence-electron chi connectivity index (χ1n) is 20.6. The Morgan fingerprint density at radius 1 is 0.231 bits per heavy atom. The first-order valence-corrected chi connectivity index (χ1v) is 20.6. The van der Waals surface area contributed by atoms with Gasteiger partial charge in [0.05, 0.1) is 33.4 Å². The van der Waals surface area contributed by atoms with Crippen molar-refractivity contribution < 1.29 is 52.7 Å². The molecule has 78 heavy (non-hydrogen) atoms. The van der Waals surface area contributed by atoms with Crippen LogP contribution in [0.5, 0.6) is 0 Å². The van der Waals surface area contributed by atoms with Crippen LogP contribution in [0.1, 0.15) is 33.4 Å². The number of hydrogen-bond acceptors (Lipinski definition) is 6. The van der Waals surface area contributed by atoms with Crippen molar-refractivity contribution in [3.63, 3.8) is 0 Å². The maximum Gasteiger partial charge on any atom is 0.180 e. The molecule has 1 fully saturated rings. The number of nitriles is 6. The van der Waals surface area contributed by atoms with Crippen molar-refractivity contribution in [1.82, 2.24) is 0 Å². The van der Waals surface area contributed by atoms with Crippen molar-refractivity contribution in [3.05, 3.63) is 120 Å². The predicted molar refractivity (Wildman–Crippen MR) is 272 cm³/mol. The molecule has 1 aliphatic carbocycles. The van der Waals surface area contributed by atoms with E-state index in [2.05, 4.69) is 0 Å². The lowest BCUT2D eigenvalue weighted by Gasteiger charge is -2.24. The molecule has 30 heteroatoms. The SMILES string of the molecule is [B]c1c([B])c([B])c(-c2c(F)c(F)c(C#N)c(F)c2F)c(C(C#N)=C2C(=C(C#N)c3c([B])c([B])c([B])c([B])c3-c3c(F)c(F)c(C#N)c(F)c3F)C2=C(C#N)c2c([B])c([B])c([B])c([B])c2-c2c(F)c(F)c(C#N)c(F)c2F)c1[B]. The molecule has 0 spiro atoms. The fraction of sp³-hybridized carbons (Fsp3) is 0. The molecule has 0 aliphatic heterocycles. The lowest BCUT2D eigenvalue weighted by Crippen LogP contribution is -2.50. The number of halogens is 12. The van der Waals surface area contributed by atoms with Gasteiger partial charge in [0, 0.05) is 16.7 Å². The van der Waals surface area contributed by atoms with Crippen LogP contribution in [0, 0.1) is 138 Å². The molecule has 342 valence electrons. The average molecular weight is 1020 g/mol. The van der Waals surface area contributed by atoms with E-state index in [0.29, 0.717) is 0 Å². The van der Waals surface area contributed by atoms with Crippen molar-refractivity contribution in [3.8, 4) is 69.8 Å². The fourth-order valence-electron chi connectivity index (χ4n) is 8.54. The van der Waals surface area contributed by atoms with Crippen LogP contribution >= 0.6 is 0 Å². The molecule has 0 atom stereocenters. The van der Waals surface area contributed by atoms with Gasteiger partial charge in [-0.1, -0.05) is 32.8 Å². The minimum absolute atomic E-state index is 0.887. The summed E-state index contributed by atoms with van der Waals surface area (Å²) in [6, 6.07) is 7.07. The molecule has 7 rings (SSSR count). The molecular weight excluding hydrogens is 1020 g/mol. The number of benzene rings is 6. The van der Waals surface area contributed by atoms with Gasteiger partial charge in [0.25, 0.3) is 0 Å². The zero-order valence-corrected chi connectivity index (χ0v) is 38.1. The third-order valence-corrected chi connectivity index (χ3v) is 12.4. The Morgan fingerprint density at radius 3 is 0.551 bits per heavy atom. The Morgan fingerprint density at radius 2 is 0.397 bits per heavy atom. The summed E-state index contributed by atoms with van der Waals surface area (Å²) >= 11 is 0. The van der Waals surface area contributed by atoms with Crippen LogP contribution in [-0.4, -0.2) is 94.2 Å². The zero-order valence-electron chi connectivity index (χ0n) is 38.1. The molecule has 0 bridgehead atoms. The van der Waals surface area contributed by atoms with Crippen LogP contribution in [0.3, 0.4) is 0 Å². The Bertz CT molecular complexity index is 3760. The molecule has 24 radical (unpaired) electrons. The number of hydrogen-bond donors (Lipinski definition) is 0. The van der Waals surface area contributed by atoms with Gasteiger partial charge < -0.3 is 0 Å². The molecule has 0 N–H and O–H groups in total. The van der Waals surface area contributed by atoms with Gasteiger partial charge in [0.15, 0.2) is 69.8 Å². The van der Waals surface area contributed by atoms with Gasteiger partial charge in [-0.05, 0) is 33.4 Å². The lowest BCUT2D eigenvalue weighted by atomic mass is 9.61.